The number of aliphatic hydroxyl groups is 1. The third-order valence-corrected chi connectivity index (χ3v) is 20.7. The maximum atomic E-state index is 14.0. The molecule has 5 rings (SSSR count). The van der Waals surface area contributed by atoms with Gasteiger partial charge in [0.2, 0.25) is 41.4 Å². The van der Waals surface area contributed by atoms with E-state index in [-0.39, 0.29) is 118 Å². The van der Waals surface area contributed by atoms with Gasteiger partial charge in [0.15, 0.2) is 0 Å². The van der Waals surface area contributed by atoms with Crippen LogP contribution in [-0.2, 0) is 68.9 Å². The van der Waals surface area contributed by atoms with Crippen molar-refractivity contribution >= 4 is 98.2 Å². The fraction of sp³-hybridized carbons (Fsp3) is 0.583. The molecule has 101 heavy (non-hydrogen) atoms. The summed E-state index contributed by atoms with van der Waals surface area (Å²) in [5, 5.41) is 30.0. The molecule has 2 heterocycles. The zero-order valence-electron chi connectivity index (χ0n) is 60.6. The number of carbonyl (C=O) groups is 11. The molecule has 3 aromatic rings. The number of carbonyl (C=O) groups excluding carboxylic acids is 11. The average Bonchev–Trinajstić information content (AvgIpc) is 1.78. The molecule has 556 valence electrons. The maximum absolute atomic E-state index is 14.0. The first-order valence-corrected chi connectivity index (χ1v) is 36.9. The number of imide groups is 1. The highest BCUT2D eigenvalue weighted by molar-refractivity contribution is 8.77. The zero-order valence-corrected chi connectivity index (χ0v) is 62.3. The molecular weight excluding hydrogens is 1340 g/mol. The standard InChI is InChI=1S/C72H105N11O16S2/c1-14-20-54(31-34-60(87)82-38-18-23-56(82)67(96-13)47(6)69(93)75-49(8)66(92)52-21-16-15-17-22-52)80(11)63(90)43-73-68(46(4)5)81(12)71(95)98-44-50-25-29-53(30-26-50)76-59(86)42-74-70(94)65(45(2)3)77-57(84)37-40-100-101-72(9,10)41-58(85)79-78-48(7)51-27-32-55(33-28-51)97-39-19-24-64(91)99-83-61(88)35-36-62(83)89/h15-17,21-22,25-30,32-33,45-47,49,54,56,65-68,73,92H,14,18-20,23-24,31,34-44H2,1-13H3,(H,74,94)(H,75,93)(H,76,86)(H,77,84)(H,79,85)/b78-48+/t47-,49-,54+,56-,65?,66-,67+,68?/m1/s1. The van der Waals surface area contributed by atoms with E-state index in [1.54, 1.807) is 121 Å². The van der Waals surface area contributed by atoms with Crippen LogP contribution in [0.2, 0.25) is 0 Å². The molecule has 2 unspecified atom stereocenters. The quantitative estimate of drug-likeness (QED) is 0.00719. The molecule has 27 nitrogen and oxygen atoms in total. The van der Waals surface area contributed by atoms with E-state index in [0.717, 1.165) is 18.4 Å². The number of hydroxylamine groups is 2. The third-order valence-electron chi connectivity index (χ3n) is 17.4. The lowest BCUT2D eigenvalue weighted by Gasteiger charge is -2.35. The first-order valence-electron chi connectivity index (χ1n) is 34.6. The Morgan fingerprint density at radius 3 is 2.09 bits per heavy atom. The van der Waals surface area contributed by atoms with E-state index in [1.807, 2.05) is 57.7 Å². The molecule has 0 saturated carbocycles. The van der Waals surface area contributed by atoms with Gasteiger partial charge in [-0.15, -0.1) is 5.06 Å². The highest BCUT2D eigenvalue weighted by Crippen LogP contribution is 2.38. The van der Waals surface area contributed by atoms with E-state index in [2.05, 4.69) is 37.1 Å². The van der Waals surface area contributed by atoms with Gasteiger partial charge in [-0.1, -0.05) is 112 Å². The number of nitrogens with one attached hydrogen (secondary N) is 6. The number of ether oxygens (including phenoxy) is 3. The van der Waals surface area contributed by atoms with Crippen molar-refractivity contribution in [3.05, 3.63) is 95.6 Å². The van der Waals surface area contributed by atoms with Crippen LogP contribution in [0.4, 0.5) is 10.5 Å². The number of hydrazone groups is 1. The molecule has 0 aromatic heterocycles. The van der Waals surface area contributed by atoms with Gasteiger partial charge >= 0.3 is 12.1 Å². The molecule has 0 spiro atoms. The van der Waals surface area contributed by atoms with Gasteiger partial charge in [0.25, 0.3) is 11.8 Å². The lowest BCUT2D eigenvalue weighted by Crippen LogP contribution is -2.53. The van der Waals surface area contributed by atoms with Crippen molar-refractivity contribution in [2.24, 2.45) is 22.9 Å². The Morgan fingerprint density at radius 1 is 0.782 bits per heavy atom. The van der Waals surface area contributed by atoms with Crippen molar-refractivity contribution in [1.82, 2.24) is 46.5 Å². The van der Waals surface area contributed by atoms with E-state index in [1.165, 1.54) is 26.5 Å². The van der Waals surface area contributed by atoms with Crippen LogP contribution in [0, 0.1) is 17.8 Å². The Hall–Kier alpha value is -8.12. The molecule has 0 radical (unpaired) electrons. The third kappa shape index (κ3) is 27.3. The number of likely N-dealkylation sites (tertiary alicyclic amines) is 1. The monoisotopic (exact) mass is 1440 g/mol. The number of anilines is 1. The normalized spacial score (nSPS) is 16.1. The Balaban J connectivity index is 0.964. The number of methoxy groups -OCH3 is 1. The summed E-state index contributed by atoms with van der Waals surface area (Å²) in [4.78, 5) is 152. The molecule has 3 aromatic carbocycles. The largest absolute Gasteiger partial charge is 0.494 e. The van der Waals surface area contributed by atoms with Crippen molar-refractivity contribution in [3.8, 4) is 5.75 Å². The van der Waals surface area contributed by atoms with Crippen molar-refractivity contribution < 1.29 is 76.9 Å². The predicted molar refractivity (Wildman–Crippen MR) is 386 cm³/mol. The molecule has 8 atom stereocenters. The van der Waals surface area contributed by atoms with Crippen LogP contribution in [0.25, 0.3) is 0 Å². The van der Waals surface area contributed by atoms with E-state index in [4.69, 9.17) is 19.0 Å². The highest BCUT2D eigenvalue weighted by Gasteiger charge is 2.41. The summed E-state index contributed by atoms with van der Waals surface area (Å²) >= 11 is 0. The van der Waals surface area contributed by atoms with Gasteiger partial charge in [0.1, 0.15) is 18.4 Å². The minimum atomic E-state index is -0.914. The molecule has 10 amide bonds. The molecule has 29 heteroatoms. The van der Waals surface area contributed by atoms with Crippen LogP contribution < -0.4 is 36.7 Å². The Bertz CT molecular complexity index is 3270. The SMILES string of the molecule is CCC[C@@H](CCC(=O)N1CCC[C@@H]1[C@@H](OC)[C@@H](C)C(=O)N[C@H](C)[C@@H](O)c1ccccc1)N(C)C(=O)CNC(C(C)C)N(C)C(=O)OCc1ccc(NC(=O)CNC(=O)C(NC(=O)CCSSC(C)(C)CC(=O)N/N=C(\C)c2ccc(OCCCC(=O)ON3C(=O)CCC3=O)cc2)C(C)C)cc1. The van der Waals surface area contributed by atoms with Gasteiger partial charge in [0, 0.05) is 82.1 Å². The van der Waals surface area contributed by atoms with Gasteiger partial charge in [-0.25, -0.2) is 15.0 Å². The number of likely N-dealkylation sites (N-methyl/N-ethyl adjacent to an activating group) is 1. The van der Waals surface area contributed by atoms with E-state index >= 15 is 0 Å². The van der Waals surface area contributed by atoms with Crippen molar-refractivity contribution in [3.63, 3.8) is 0 Å². The zero-order chi connectivity index (χ0) is 74.5. The van der Waals surface area contributed by atoms with Crippen molar-refractivity contribution in [1.29, 1.82) is 0 Å². The lowest BCUT2D eigenvalue weighted by atomic mass is 9.93. The summed E-state index contributed by atoms with van der Waals surface area (Å²) in [5.41, 5.74) is 5.64. The molecule has 2 fully saturated rings. The van der Waals surface area contributed by atoms with Crippen LogP contribution in [0.15, 0.2) is 84.0 Å². The molecule has 2 saturated heterocycles. The van der Waals surface area contributed by atoms with E-state index in [0.29, 0.717) is 71.3 Å². The molecule has 2 aliphatic heterocycles. The number of amides is 10. The summed E-state index contributed by atoms with van der Waals surface area (Å²) in [7, 11) is 7.71. The Morgan fingerprint density at radius 2 is 1.46 bits per heavy atom. The number of hydrogen-bond acceptors (Lipinski definition) is 20. The van der Waals surface area contributed by atoms with Crippen LogP contribution in [0.5, 0.6) is 5.75 Å². The summed E-state index contributed by atoms with van der Waals surface area (Å²) in [6.07, 6.45) is 1.31. The highest BCUT2D eigenvalue weighted by atomic mass is 33.1. The first kappa shape index (κ1) is 83.5. The molecule has 0 bridgehead atoms. The number of nitrogens with zero attached hydrogens (tertiary/aromatic N) is 5. The van der Waals surface area contributed by atoms with E-state index in [9.17, 15) is 57.8 Å². The van der Waals surface area contributed by atoms with Crippen LogP contribution in [0.1, 0.15) is 169 Å². The summed E-state index contributed by atoms with van der Waals surface area (Å²) < 4.78 is 16.7. The summed E-state index contributed by atoms with van der Waals surface area (Å²) in [5.74, 6) is -4.16. The smallest absolute Gasteiger partial charge is 0.411 e. The van der Waals surface area contributed by atoms with Gasteiger partial charge in [0.05, 0.1) is 68.2 Å². The van der Waals surface area contributed by atoms with Crippen molar-refractivity contribution in [2.45, 2.75) is 200 Å². The number of rotatable bonds is 41. The van der Waals surface area contributed by atoms with Gasteiger partial charge in [-0.05, 0) is 125 Å². The second-order valence-corrected chi connectivity index (χ2v) is 29.9. The Labute approximate surface area is 601 Å². The van der Waals surface area contributed by atoms with Gasteiger partial charge in [-0.3, -0.25) is 53.4 Å². The average molecular weight is 1440 g/mol. The molecule has 2 aliphatic rings. The minimum Gasteiger partial charge on any atom is -0.494 e. The number of aliphatic hydroxyl groups excluding tert-OH is 1. The van der Waals surface area contributed by atoms with Crippen LogP contribution >= 0.6 is 21.6 Å². The fourth-order valence-electron chi connectivity index (χ4n) is 11.6. The predicted octanol–water partition coefficient (Wildman–Crippen LogP) is 7.56. The summed E-state index contributed by atoms with van der Waals surface area (Å²) in [6.45, 7) is 18.7. The van der Waals surface area contributed by atoms with Crippen LogP contribution in [0.3, 0.4) is 0 Å². The van der Waals surface area contributed by atoms with Crippen LogP contribution in [-0.4, -0.2) is 190 Å². The molecule has 0 aliphatic carbocycles. The number of hydrogen-bond donors (Lipinski definition) is 7. The first-order chi connectivity index (χ1) is 47.9. The lowest BCUT2D eigenvalue weighted by molar-refractivity contribution is -0.197. The topological polar surface area (TPSA) is 342 Å². The summed E-state index contributed by atoms with van der Waals surface area (Å²) in [6, 6.07) is 20.7. The van der Waals surface area contributed by atoms with E-state index < -0.39 is 76.8 Å². The second-order valence-electron chi connectivity index (χ2n) is 26.8. The second kappa shape index (κ2) is 41.7. The van der Waals surface area contributed by atoms with Crippen molar-refractivity contribution in [2.75, 3.05) is 58.5 Å². The minimum absolute atomic E-state index is 0.0204. The molecular formula is C72H105N11O16S2. The molecule has 7 N–H and O–H groups in total. The van der Waals surface area contributed by atoms with Gasteiger partial charge < -0.3 is 55.2 Å². The fourth-order valence-corrected chi connectivity index (χ4v) is 14.1. The maximum Gasteiger partial charge on any atom is 0.411 e. The Kier molecular flexibility index (Phi) is 34.5. The van der Waals surface area contributed by atoms with Gasteiger partial charge in [-0.2, -0.15) is 5.10 Å². The number of benzene rings is 3.